The molecule has 0 heterocycles. The van der Waals surface area contributed by atoms with Crippen LogP contribution in [0.25, 0.3) is 0 Å². The highest BCUT2D eigenvalue weighted by Gasteiger charge is 2.55. The molecule has 1 unspecified atom stereocenters. The van der Waals surface area contributed by atoms with E-state index in [1.54, 1.807) is 6.92 Å². The van der Waals surface area contributed by atoms with Crippen molar-refractivity contribution in [1.82, 2.24) is 4.31 Å². The Bertz CT molecular complexity index is 1050. The number of hydrogen-bond donors (Lipinski definition) is 0. The SMILES string of the molecule is Cc1ccc(C(N(C2CC2)S(=O)(=O)c2c(F)c(F)c(F)c(F)c2F)C(F)(F)F)cc1. The summed E-state index contributed by atoms with van der Waals surface area (Å²) in [4.78, 5) is -2.31. The quantitative estimate of drug-likeness (QED) is 0.353. The van der Waals surface area contributed by atoms with Crippen LogP contribution in [0.2, 0.25) is 0 Å². The lowest BCUT2D eigenvalue weighted by atomic mass is 10.0. The first-order chi connectivity index (χ1) is 13.8. The predicted octanol–water partition coefficient (Wildman–Crippen LogP) is 5.15. The van der Waals surface area contributed by atoms with Crippen LogP contribution in [0.5, 0.6) is 0 Å². The Morgan fingerprint density at radius 2 is 1.30 bits per heavy atom. The Morgan fingerprint density at radius 1 is 0.867 bits per heavy atom. The molecule has 0 bridgehead atoms. The van der Waals surface area contributed by atoms with Crippen LogP contribution in [0.3, 0.4) is 0 Å². The van der Waals surface area contributed by atoms with Gasteiger partial charge >= 0.3 is 6.18 Å². The summed E-state index contributed by atoms with van der Waals surface area (Å²) in [6.45, 7) is 1.57. The molecular formula is C18H13F8NO2S. The fourth-order valence-electron chi connectivity index (χ4n) is 3.02. The van der Waals surface area contributed by atoms with Crippen molar-refractivity contribution in [3.8, 4) is 0 Å². The van der Waals surface area contributed by atoms with Crippen molar-refractivity contribution in [2.24, 2.45) is 0 Å². The molecule has 1 fully saturated rings. The van der Waals surface area contributed by atoms with Crippen LogP contribution in [-0.4, -0.2) is 24.9 Å². The highest BCUT2D eigenvalue weighted by molar-refractivity contribution is 7.89. The Hall–Kier alpha value is -2.21. The first kappa shape index (κ1) is 22.5. The van der Waals surface area contributed by atoms with Gasteiger partial charge in [0, 0.05) is 6.04 Å². The number of aryl methyl sites for hydroxylation is 1. The topological polar surface area (TPSA) is 37.4 Å². The maximum absolute atomic E-state index is 14.1. The van der Waals surface area contributed by atoms with E-state index in [4.69, 9.17) is 0 Å². The molecule has 1 saturated carbocycles. The largest absolute Gasteiger partial charge is 0.409 e. The van der Waals surface area contributed by atoms with E-state index in [1.165, 1.54) is 12.1 Å². The Kier molecular flexibility index (Phi) is 5.61. The van der Waals surface area contributed by atoms with Crippen LogP contribution < -0.4 is 0 Å². The van der Waals surface area contributed by atoms with Crippen molar-refractivity contribution in [2.75, 3.05) is 0 Å². The third kappa shape index (κ3) is 3.78. The lowest BCUT2D eigenvalue weighted by Gasteiger charge is -2.33. The van der Waals surface area contributed by atoms with E-state index in [-0.39, 0.29) is 17.1 Å². The van der Waals surface area contributed by atoms with Crippen LogP contribution in [0.15, 0.2) is 29.2 Å². The second-order valence-electron chi connectivity index (χ2n) is 6.82. The molecule has 3 rings (SSSR count). The standard InChI is InChI=1S/C18H13F8NO2S/c1-8-2-4-9(5-3-8)17(18(24,25)26)27(10-6-7-10)30(28,29)16-14(22)12(20)11(19)13(21)15(16)23/h2-5,10,17H,6-7H2,1H3. The number of benzene rings is 2. The number of hydrogen-bond acceptors (Lipinski definition) is 2. The van der Waals surface area contributed by atoms with Crippen molar-refractivity contribution in [3.63, 3.8) is 0 Å². The smallest absolute Gasteiger partial charge is 0.207 e. The zero-order valence-electron chi connectivity index (χ0n) is 15.1. The minimum atomic E-state index is -5.78. The van der Waals surface area contributed by atoms with Gasteiger partial charge in [0.1, 0.15) is 6.04 Å². The number of sulfonamides is 1. The van der Waals surface area contributed by atoms with Gasteiger partial charge in [-0.3, -0.25) is 0 Å². The number of nitrogens with zero attached hydrogens (tertiary/aromatic N) is 1. The van der Waals surface area contributed by atoms with Crippen LogP contribution in [0.1, 0.15) is 30.0 Å². The van der Waals surface area contributed by atoms with E-state index in [2.05, 4.69) is 0 Å². The van der Waals surface area contributed by atoms with Crippen molar-refractivity contribution in [3.05, 3.63) is 64.5 Å². The van der Waals surface area contributed by atoms with E-state index in [0.29, 0.717) is 5.56 Å². The maximum atomic E-state index is 14.1. The lowest BCUT2D eigenvalue weighted by molar-refractivity contribution is -0.174. The summed E-state index contributed by atoms with van der Waals surface area (Å²) in [5.41, 5.74) is -0.00674. The van der Waals surface area contributed by atoms with Crippen molar-refractivity contribution >= 4 is 10.0 Å². The van der Waals surface area contributed by atoms with E-state index < -0.39 is 67.8 Å². The van der Waals surface area contributed by atoms with Crippen molar-refractivity contribution < 1.29 is 43.5 Å². The zero-order valence-corrected chi connectivity index (χ0v) is 15.9. The van der Waals surface area contributed by atoms with Gasteiger partial charge in [-0.05, 0) is 25.3 Å². The molecule has 30 heavy (non-hydrogen) atoms. The Labute approximate surface area is 166 Å². The maximum Gasteiger partial charge on any atom is 0.409 e. The molecule has 0 amide bonds. The van der Waals surface area contributed by atoms with Crippen molar-refractivity contribution in [2.45, 2.75) is 42.9 Å². The fraction of sp³-hybridized carbons (Fsp3) is 0.333. The monoisotopic (exact) mass is 459 g/mol. The van der Waals surface area contributed by atoms with Gasteiger partial charge in [-0.1, -0.05) is 29.8 Å². The number of alkyl halides is 3. The molecule has 0 aromatic heterocycles. The van der Waals surface area contributed by atoms with E-state index >= 15 is 0 Å². The zero-order chi connectivity index (χ0) is 22.6. The van der Waals surface area contributed by atoms with E-state index in [0.717, 1.165) is 12.1 Å². The highest BCUT2D eigenvalue weighted by Crippen LogP contribution is 2.47. The molecule has 0 saturated heterocycles. The van der Waals surface area contributed by atoms with Crippen LogP contribution in [0, 0.1) is 36.0 Å². The molecule has 1 atom stereocenters. The average molecular weight is 459 g/mol. The molecule has 3 nitrogen and oxygen atoms in total. The predicted molar refractivity (Wildman–Crippen MR) is 88.3 cm³/mol. The van der Waals surface area contributed by atoms with Gasteiger partial charge in [0.05, 0.1) is 0 Å². The van der Waals surface area contributed by atoms with Crippen LogP contribution in [0.4, 0.5) is 35.1 Å². The molecule has 2 aromatic carbocycles. The number of rotatable bonds is 5. The fourth-order valence-corrected chi connectivity index (χ4v) is 4.99. The summed E-state index contributed by atoms with van der Waals surface area (Å²) < 4.78 is 136. The Morgan fingerprint density at radius 3 is 1.70 bits per heavy atom. The van der Waals surface area contributed by atoms with Gasteiger partial charge in [-0.25, -0.2) is 30.4 Å². The van der Waals surface area contributed by atoms with E-state index in [1.807, 2.05) is 0 Å². The molecule has 0 N–H and O–H groups in total. The molecule has 0 spiro atoms. The van der Waals surface area contributed by atoms with Gasteiger partial charge in [-0.15, -0.1) is 0 Å². The first-order valence-corrected chi connectivity index (χ1v) is 9.90. The molecule has 0 aliphatic heterocycles. The first-order valence-electron chi connectivity index (χ1n) is 8.46. The van der Waals surface area contributed by atoms with Gasteiger partial charge < -0.3 is 0 Å². The second-order valence-corrected chi connectivity index (χ2v) is 8.60. The van der Waals surface area contributed by atoms with Crippen LogP contribution >= 0.6 is 0 Å². The summed E-state index contributed by atoms with van der Waals surface area (Å²) in [7, 11) is -5.78. The summed E-state index contributed by atoms with van der Waals surface area (Å²) in [6.07, 6.45) is -5.39. The lowest BCUT2D eigenvalue weighted by Crippen LogP contribution is -2.44. The normalized spacial score (nSPS) is 16.2. The van der Waals surface area contributed by atoms with Gasteiger partial charge in [0.25, 0.3) is 0 Å². The molecule has 164 valence electrons. The summed E-state index contributed by atoms with van der Waals surface area (Å²) in [5, 5.41) is 0. The average Bonchev–Trinajstić information content (AvgIpc) is 3.47. The molecule has 1 aliphatic rings. The molecule has 0 radical (unpaired) electrons. The van der Waals surface area contributed by atoms with Gasteiger partial charge in [0.2, 0.25) is 15.8 Å². The molecule has 1 aliphatic carbocycles. The highest BCUT2D eigenvalue weighted by atomic mass is 32.2. The minimum Gasteiger partial charge on any atom is -0.207 e. The summed E-state index contributed by atoms with van der Waals surface area (Å²) >= 11 is 0. The van der Waals surface area contributed by atoms with Gasteiger partial charge in [0.15, 0.2) is 28.2 Å². The third-order valence-electron chi connectivity index (χ3n) is 4.57. The van der Waals surface area contributed by atoms with Gasteiger partial charge in [-0.2, -0.15) is 17.5 Å². The molecule has 12 heteroatoms. The summed E-state index contributed by atoms with van der Waals surface area (Å²) in [6, 6.07) is 0.297. The molecule has 2 aromatic rings. The second kappa shape index (κ2) is 7.49. The Balaban J connectivity index is 2.27. The van der Waals surface area contributed by atoms with Crippen LogP contribution in [-0.2, 0) is 10.0 Å². The molecular weight excluding hydrogens is 446 g/mol. The van der Waals surface area contributed by atoms with Crippen molar-refractivity contribution in [1.29, 1.82) is 0 Å². The third-order valence-corrected chi connectivity index (χ3v) is 6.51. The number of halogens is 8. The summed E-state index contributed by atoms with van der Waals surface area (Å²) in [5.74, 6) is -13.2. The van der Waals surface area contributed by atoms with E-state index in [9.17, 15) is 43.5 Å². The minimum absolute atomic E-state index is 0.0763.